The van der Waals surface area contributed by atoms with E-state index in [0.717, 1.165) is 21.7 Å². The largest absolute Gasteiger partial charge is 0.214 e. The molecule has 0 radical (unpaired) electrons. The molecule has 2 bridgehead atoms. The van der Waals surface area contributed by atoms with E-state index in [-0.39, 0.29) is 0 Å². The molecule has 2 aromatic carbocycles. The molecule has 4 aromatic rings. The molecule has 2 saturated heterocycles. The normalized spacial score (nSPS) is 24.6. The number of benzene rings is 2. The fourth-order valence-electron chi connectivity index (χ4n) is 4.44. The SMILES string of the molecule is c1ccc(-n2nnnc2S[C@@H]2CC[C@H]3S[C@H]2CC[C@H]3Sc2nnnn2-c2ccccc2)cc1. The molecule has 33 heavy (non-hydrogen) atoms. The maximum absolute atomic E-state index is 4.32. The Morgan fingerprint density at radius 1 is 0.636 bits per heavy atom. The molecule has 4 atom stereocenters. The summed E-state index contributed by atoms with van der Waals surface area (Å²) in [7, 11) is 0. The van der Waals surface area contributed by atoms with Crippen LogP contribution < -0.4 is 0 Å². The van der Waals surface area contributed by atoms with Crippen molar-refractivity contribution >= 4 is 35.3 Å². The predicted octanol–water partition coefficient (Wildman–Crippen LogP) is 4.32. The van der Waals surface area contributed by atoms with Crippen LogP contribution in [0.5, 0.6) is 0 Å². The monoisotopic (exact) mass is 494 g/mol. The van der Waals surface area contributed by atoms with Crippen molar-refractivity contribution in [3.05, 3.63) is 60.7 Å². The summed E-state index contributed by atoms with van der Waals surface area (Å²) in [6.45, 7) is 0. The van der Waals surface area contributed by atoms with Gasteiger partial charge in [-0.3, -0.25) is 0 Å². The van der Waals surface area contributed by atoms with Crippen LogP contribution in [0.3, 0.4) is 0 Å². The van der Waals surface area contributed by atoms with E-state index in [9.17, 15) is 0 Å². The van der Waals surface area contributed by atoms with E-state index >= 15 is 0 Å². The van der Waals surface area contributed by atoms with E-state index < -0.39 is 0 Å². The summed E-state index contributed by atoms with van der Waals surface area (Å²) >= 11 is 5.80. The lowest BCUT2D eigenvalue weighted by Crippen LogP contribution is -2.39. The molecule has 0 spiro atoms. The number of hydrogen-bond acceptors (Lipinski definition) is 9. The first kappa shape index (κ1) is 21.2. The third kappa shape index (κ3) is 4.41. The van der Waals surface area contributed by atoms with Gasteiger partial charge in [0.15, 0.2) is 0 Å². The molecule has 2 aliphatic heterocycles. The standard InChI is InChI=1S/C22H22N8S3/c1-3-7-15(8-4-1)29-21(23-25-27-29)32-19-13-11-18-20(14-12-17(19)31-18)33-22-24-26-28-30(22)16-9-5-2-6-10-16/h1-10,17-20H,11-14H2/t17-,18+,19-,20-/m1/s1. The van der Waals surface area contributed by atoms with Crippen molar-refractivity contribution in [2.75, 3.05) is 0 Å². The van der Waals surface area contributed by atoms with Crippen molar-refractivity contribution < 1.29 is 0 Å². The Morgan fingerprint density at radius 3 is 1.55 bits per heavy atom. The Labute approximate surface area is 204 Å². The number of fused-ring (bicyclic) bond motifs is 2. The zero-order valence-electron chi connectivity index (χ0n) is 17.7. The molecular formula is C22H22N8S3. The van der Waals surface area contributed by atoms with Crippen LogP contribution in [0, 0.1) is 0 Å². The number of hydrogen-bond donors (Lipinski definition) is 0. The number of rotatable bonds is 6. The Morgan fingerprint density at radius 2 is 1.09 bits per heavy atom. The van der Waals surface area contributed by atoms with Gasteiger partial charge in [-0.2, -0.15) is 21.1 Å². The molecule has 2 fully saturated rings. The molecule has 0 aliphatic carbocycles. The number of aromatic nitrogens is 8. The minimum Gasteiger partial charge on any atom is -0.188 e. The molecule has 0 saturated carbocycles. The zero-order chi connectivity index (χ0) is 22.0. The Balaban J connectivity index is 1.12. The zero-order valence-corrected chi connectivity index (χ0v) is 20.2. The van der Waals surface area contributed by atoms with Gasteiger partial charge in [0.25, 0.3) is 0 Å². The second-order valence-electron chi connectivity index (χ2n) is 8.10. The molecule has 8 nitrogen and oxygen atoms in total. The highest BCUT2D eigenvalue weighted by Crippen LogP contribution is 2.50. The van der Waals surface area contributed by atoms with Crippen LogP contribution in [0.15, 0.2) is 71.0 Å². The van der Waals surface area contributed by atoms with Crippen molar-refractivity contribution in [1.82, 2.24) is 40.4 Å². The van der Waals surface area contributed by atoms with E-state index in [1.165, 1.54) is 25.7 Å². The Kier molecular flexibility index (Phi) is 6.08. The third-order valence-corrected chi connectivity index (χ3v) is 10.9. The van der Waals surface area contributed by atoms with Crippen LogP contribution in [0.25, 0.3) is 11.4 Å². The summed E-state index contributed by atoms with van der Waals surface area (Å²) in [6.07, 6.45) is 4.73. The van der Waals surface area contributed by atoms with Gasteiger partial charge in [0.2, 0.25) is 10.3 Å². The van der Waals surface area contributed by atoms with Crippen LogP contribution in [-0.4, -0.2) is 61.4 Å². The van der Waals surface area contributed by atoms with E-state index in [1.807, 2.05) is 93.6 Å². The van der Waals surface area contributed by atoms with Crippen molar-refractivity contribution in [2.45, 2.75) is 57.0 Å². The number of tetrazole rings is 2. The topological polar surface area (TPSA) is 87.2 Å². The van der Waals surface area contributed by atoms with E-state index in [0.29, 0.717) is 21.0 Å². The molecule has 4 heterocycles. The summed E-state index contributed by atoms with van der Waals surface area (Å²) < 4.78 is 3.71. The number of nitrogens with zero attached hydrogens (tertiary/aromatic N) is 8. The van der Waals surface area contributed by atoms with Crippen molar-refractivity contribution in [1.29, 1.82) is 0 Å². The molecule has 0 unspecified atom stereocenters. The average molecular weight is 495 g/mol. The second-order valence-corrected chi connectivity index (χ2v) is 12.0. The van der Waals surface area contributed by atoms with Gasteiger partial charge in [-0.25, -0.2) is 0 Å². The third-order valence-electron chi connectivity index (χ3n) is 6.05. The van der Waals surface area contributed by atoms with Gasteiger partial charge in [-0.1, -0.05) is 59.9 Å². The van der Waals surface area contributed by atoms with Crippen LogP contribution >= 0.6 is 35.3 Å². The fraction of sp³-hybridized carbons (Fsp3) is 0.364. The van der Waals surface area contributed by atoms with Gasteiger partial charge in [0.05, 0.1) is 11.4 Å². The quantitative estimate of drug-likeness (QED) is 0.389. The van der Waals surface area contributed by atoms with Gasteiger partial charge in [0, 0.05) is 21.0 Å². The summed E-state index contributed by atoms with van der Waals surface area (Å²) in [5.41, 5.74) is 2.00. The first-order chi connectivity index (χ1) is 16.3. The van der Waals surface area contributed by atoms with Crippen molar-refractivity contribution in [2.24, 2.45) is 0 Å². The Bertz CT molecular complexity index is 1100. The summed E-state index contributed by atoms with van der Waals surface area (Å²) in [4.78, 5) is 0. The minimum absolute atomic E-state index is 0.528. The molecule has 2 aliphatic rings. The van der Waals surface area contributed by atoms with Gasteiger partial charge < -0.3 is 0 Å². The summed E-state index contributed by atoms with van der Waals surface area (Å²) in [5, 5.41) is 29.0. The highest BCUT2D eigenvalue weighted by Gasteiger charge is 2.41. The van der Waals surface area contributed by atoms with Crippen LogP contribution in [0.4, 0.5) is 0 Å². The van der Waals surface area contributed by atoms with E-state index in [2.05, 4.69) is 42.8 Å². The summed E-state index contributed by atoms with van der Waals surface area (Å²) in [6, 6.07) is 20.2. The van der Waals surface area contributed by atoms with Crippen LogP contribution in [0.1, 0.15) is 25.7 Å². The number of para-hydroxylation sites is 2. The average Bonchev–Trinajstić information content (AvgIpc) is 3.53. The lowest BCUT2D eigenvalue weighted by molar-refractivity contribution is 0.506. The molecule has 0 amide bonds. The predicted molar refractivity (Wildman–Crippen MR) is 131 cm³/mol. The lowest BCUT2D eigenvalue weighted by atomic mass is 9.98. The smallest absolute Gasteiger partial charge is 0.188 e. The molecule has 2 aromatic heterocycles. The van der Waals surface area contributed by atoms with Gasteiger partial charge in [-0.15, -0.1) is 10.2 Å². The van der Waals surface area contributed by atoms with Gasteiger partial charge in [0.1, 0.15) is 0 Å². The minimum atomic E-state index is 0.528. The highest BCUT2D eigenvalue weighted by atomic mass is 32.2. The molecular weight excluding hydrogens is 472 g/mol. The highest BCUT2D eigenvalue weighted by molar-refractivity contribution is 8.06. The van der Waals surface area contributed by atoms with Gasteiger partial charge in [-0.05, 0) is 70.8 Å². The molecule has 0 N–H and O–H groups in total. The first-order valence-electron chi connectivity index (χ1n) is 11.0. The van der Waals surface area contributed by atoms with Crippen LogP contribution in [-0.2, 0) is 0 Å². The fourth-order valence-corrected chi connectivity index (χ4v) is 9.05. The maximum Gasteiger partial charge on any atom is 0.214 e. The van der Waals surface area contributed by atoms with Crippen molar-refractivity contribution in [3.63, 3.8) is 0 Å². The first-order valence-corrected chi connectivity index (χ1v) is 13.7. The second kappa shape index (κ2) is 9.47. The summed E-state index contributed by atoms with van der Waals surface area (Å²) in [5.74, 6) is 0. The number of thioether (sulfide) groups is 3. The molecule has 168 valence electrons. The van der Waals surface area contributed by atoms with E-state index in [4.69, 9.17) is 0 Å². The molecule has 11 heteroatoms. The maximum atomic E-state index is 4.32. The van der Waals surface area contributed by atoms with E-state index in [1.54, 1.807) is 0 Å². The Hall–Kier alpha value is -2.37. The lowest BCUT2D eigenvalue weighted by Gasteiger charge is -2.43. The van der Waals surface area contributed by atoms with Crippen LogP contribution in [0.2, 0.25) is 0 Å². The van der Waals surface area contributed by atoms with Crippen molar-refractivity contribution in [3.8, 4) is 11.4 Å². The molecule has 6 rings (SSSR count). The van der Waals surface area contributed by atoms with Gasteiger partial charge >= 0.3 is 0 Å².